The van der Waals surface area contributed by atoms with E-state index in [-0.39, 0.29) is 0 Å². The second kappa shape index (κ2) is 4.43. The standard InChI is InChI=1S/C16H17N3/c1-11-16(12(2)19(3)18-11)17-15-9-8-13-6-4-5-7-14(13)10-15/h4-10,17H,1-3H3. The Morgan fingerprint density at radius 3 is 2.42 bits per heavy atom. The van der Waals surface area contributed by atoms with Gasteiger partial charge in [-0.25, -0.2) is 0 Å². The highest BCUT2D eigenvalue weighted by atomic mass is 15.3. The van der Waals surface area contributed by atoms with Gasteiger partial charge in [-0.15, -0.1) is 0 Å². The van der Waals surface area contributed by atoms with Gasteiger partial charge in [-0.2, -0.15) is 5.10 Å². The summed E-state index contributed by atoms with van der Waals surface area (Å²) in [7, 11) is 1.97. The molecule has 1 aromatic heterocycles. The second-order valence-electron chi connectivity index (χ2n) is 4.86. The summed E-state index contributed by atoms with van der Waals surface area (Å²) in [6.07, 6.45) is 0. The zero-order valence-corrected chi connectivity index (χ0v) is 11.4. The molecule has 0 bridgehead atoms. The molecule has 0 aliphatic rings. The van der Waals surface area contributed by atoms with Crippen LogP contribution in [-0.2, 0) is 7.05 Å². The van der Waals surface area contributed by atoms with Gasteiger partial charge in [0.2, 0.25) is 0 Å². The zero-order valence-electron chi connectivity index (χ0n) is 11.4. The highest BCUT2D eigenvalue weighted by Crippen LogP contribution is 2.26. The van der Waals surface area contributed by atoms with E-state index in [1.54, 1.807) is 0 Å². The molecule has 0 aliphatic heterocycles. The largest absolute Gasteiger partial charge is 0.353 e. The van der Waals surface area contributed by atoms with Crippen molar-refractivity contribution in [3.8, 4) is 0 Å². The number of aromatic nitrogens is 2. The maximum atomic E-state index is 4.42. The molecule has 0 amide bonds. The van der Waals surface area contributed by atoms with E-state index in [1.807, 2.05) is 18.7 Å². The summed E-state index contributed by atoms with van der Waals surface area (Å²) in [4.78, 5) is 0. The van der Waals surface area contributed by atoms with Gasteiger partial charge in [0.1, 0.15) is 0 Å². The van der Waals surface area contributed by atoms with Gasteiger partial charge in [-0.3, -0.25) is 4.68 Å². The molecule has 19 heavy (non-hydrogen) atoms. The summed E-state index contributed by atoms with van der Waals surface area (Å²) in [6, 6.07) is 14.8. The smallest absolute Gasteiger partial charge is 0.0831 e. The van der Waals surface area contributed by atoms with Crippen LogP contribution in [0.1, 0.15) is 11.4 Å². The van der Waals surface area contributed by atoms with Crippen LogP contribution in [0.2, 0.25) is 0 Å². The van der Waals surface area contributed by atoms with Crippen molar-refractivity contribution < 1.29 is 0 Å². The van der Waals surface area contributed by atoms with Crippen molar-refractivity contribution >= 4 is 22.1 Å². The topological polar surface area (TPSA) is 29.9 Å². The zero-order chi connectivity index (χ0) is 13.4. The van der Waals surface area contributed by atoms with Crippen LogP contribution in [0, 0.1) is 13.8 Å². The Morgan fingerprint density at radius 2 is 1.74 bits per heavy atom. The van der Waals surface area contributed by atoms with E-state index in [2.05, 4.69) is 59.8 Å². The number of rotatable bonds is 2. The van der Waals surface area contributed by atoms with E-state index in [9.17, 15) is 0 Å². The van der Waals surface area contributed by atoms with Crippen molar-refractivity contribution in [1.29, 1.82) is 0 Å². The Labute approximate surface area is 112 Å². The lowest BCUT2D eigenvalue weighted by Gasteiger charge is -2.08. The second-order valence-corrected chi connectivity index (χ2v) is 4.86. The van der Waals surface area contributed by atoms with E-state index >= 15 is 0 Å². The van der Waals surface area contributed by atoms with Crippen LogP contribution in [0.5, 0.6) is 0 Å². The van der Waals surface area contributed by atoms with Crippen LogP contribution in [0.3, 0.4) is 0 Å². The minimum Gasteiger partial charge on any atom is -0.353 e. The minimum absolute atomic E-state index is 1.02. The molecule has 2 aromatic carbocycles. The molecule has 1 N–H and O–H groups in total. The van der Waals surface area contributed by atoms with Crippen molar-refractivity contribution in [1.82, 2.24) is 9.78 Å². The Hall–Kier alpha value is -2.29. The average molecular weight is 251 g/mol. The van der Waals surface area contributed by atoms with Crippen molar-refractivity contribution in [2.24, 2.45) is 7.05 Å². The van der Waals surface area contributed by atoms with E-state index in [4.69, 9.17) is 0 Å². The fourth-order valence-corrected chi connectivity index (χ4v) is 2.37. The Kier molecular flexibility index (Phi) is 2.75. The minimum atomic E-state index is 1.02. The summed E-state index contributed by atoms with van der Waals surface area (Å²) in [6.45, 7) is 4.10. The lowest BCUT2D eigenvalue weighted by molar-refractivity contribution is 0.731. The molecular weight excluding hydrogens is 234 g/mol. The molecule has 96 valence electrons. The molecule has 0 radical (unpaired) electrons. The maximum Gasteiger partial charge on any atom is 0.0831 e. The summed E-state index contributed by atoms with van der Waals surface area (Å²) < 4.78 is 1.90. The Bertz CT molecular complexity index is 741. The summed E-state index contributed by atoms with van der Waals surface area (Å²) >= 11 is 0. The Morgan fingerprint density at radius 1 is 1.00 bits per heavy atom. The van der Waals surface area contributed by atoms with Gasteiger partial charge >= 0.3 is 0 Å². The van der Waals surface area contributed by atoms with Crippen LogP contribution in [-0.4, -0.2) is 9.78 Å². The number of benzene rings is 2. The molecule has 0 unspecified atom stereocenters. The number of anilines is 2. The molecule has 3 rings (SSSR count). The maximum absolute atomic E-state index is 4.42. The lowest BCUT2D eigenvalue weighted by Crippen LogP contribution is -1.95. The molecule has 0 spiro atoms. The number of fused-ring (bicyclic) bond motifs is 1. The molecule has 0 aliphatic carbocycles. The molecule has 0 saturated carbocycles. The third-order valence-corrected chi connectivity index (χ3v) is 3.53. The lowest BCUT2D eigenvalue weighted by atomic mass is 10.1. The van der Waals surface area contributed by atoms with Crippen molar-refractivity contribution in [2.45, 2.75) is 13.8 Å². The third kappa shape index (κ3) is 2.08. The van der Waals surface area contributed by atoms with Gasteiger partial charge < -0.3 is 5.32 Å². The van der Waals surface area contributed by atoms with Crippen molar-refractivity contribution in [3.05, 3.63) is 53.9 Å². The first-order valence-corrected chi connectivity index (χ1v) is 6.41. The molecule has 3 nitrogen and oxygen atoms in total. The van der Waals surface area contributed by atoms with Crippen LogP contribution in [0.25, 0.3) is 10.8 Å². The highest BCUT2D eigenvalue weighted by molar-refractivity contribution is 5.86. The quantitative estimate of drug-likeness (QED) is 0.747. The normalized spacial score (nSPS) is 10.9. The SMILES string of the molecule is Cc1nn(C)c(C)c1Nc1ccc2ccccc2c1. The fourth-order valence-electron chi connectivity index (χ4n) is 2.37. The van der Waals surface area contributed by atoms with Gasteiger partial charge in [0.15, 0.2) is 0 Å². The van der Waals surface area contributed by atoms with Crippen molar-refractivity contribution in [3.63, 3.8) is 0 Å². The first kappa shape index (κ1) is 11.8. The highest BCUT2D eigenvalue weighted by Gasteiger charge is 2.09. The number of nitrogens with one attached hydrogen (secondary N) is 1. The van der Waals surface area contributed by atoms with Gasteiger partial charge in [0.25, 0.3) is 0 Å². The number of hydrogen-bond acceptors (Lipinski definition) is 2. The molecule has 3 heteroatoms. The van der Waals surface area contributed by atoms with Crippen LogP contribution in [0.4, 0.5) is 11.4 Å². The predicted molar refractivity (Wildman–Crippen MR) is 79.9 cm³/mol. The average Bonchev–Trinajstić information content (AvgIpc) is 2.65. The van der Waals surface area contributed by atoms with Crippen LogP contribution < -0.4 is 5.32 Å². The monoisotopic (exact) mass is 251 g/mol. The molecule has 0 atom stereocenters. The number of hydrogen-bond donors (Lipinski definition) is 1. The summed E-state index contributed by atoms with van der Waals surface area (Å²) in [5, 5.41) is 10.4. The van der Waals surface area contributed by atoms with Crippen molar-refractivity contribution in [2.75, 3.05) is 5.32 Å². The Balaban J connectivity index is 2.01. The predicted octanol–water partition coefficient (Wildman–Crippen LogP) is 3.93. The van der Waals surface area contributed by atoms with Crippen LogP contribution in [0.15, 0.2) is 42.5 Å². The number of aryl methyl sites for hydroxylation is 2. The first-order chi connectivity index (χ1) is 9.15. The first-order valence-electron chi connectivity index (χ1n) is 6.41. The van der Waals surface area contributed by atoms with Gasteiger partial charge in [0, 0.05) is 12.7 Å². The van der Waals surface area contributed by atoms with E-state index in [1.165, 1.54) is 10.8 Å². The molecule has 0 saturated heterocycles. The van der Waals surface area contributed by atoms with Gasteiger partial charge in [0.05, 0.1) is 17.1 Å². The fraction of sp³-hybridized carbons (Fsp3) is 0.188. The number of nitrogens with zero attached hydrogens (tertiary/aromatic N) is 2. The van der Waals surface area contributed by atoms with E-state index in [0.717, 1.165) is 22.8 Å². The molecule has 0 fully saturated rings. The van der Waals surface area contributed by atoms with E-state index in [0.29, 0.717) is 0 Å². The molecule has 1 heterocycles. The molecule has 3 aromatic rings. The van der Waals surface area contributed by atoms with Gasteiger partial charge in [-0.05, 0) is 36.8 Å². The third-order valence-electron chi connectivity index (χ3n) is 3.53. The summed E-state index contributed by atoms with van der Waals surface area (Å²) in [5.41, 5.74) is 4.36. The molecular formula is C16H17N3. The van der Waals surface area contributed by atoms with Gasteiger partial charge in [-0.1, -0.05) is 30.3 Å². The van der Waals surface area contributed by atoms with E-state index < -0.39 is 0 Å². The van der Waals surface area contributed by atoms with Crippen LogP contribution >= 0.6 is 0 Å². The summed E-state index contributed by atoms with van der Waals surface area (Å²) in [5.74, 6) is 0.